The minimum Gasteiger partial charge on any atom is -0.481 e. The van der Waals surface area contributed by atoms with Gasteiger partial charge in [-0.1, -0.05) is 0 Å². The average Bonchev–Trinajstić information content (AvgIpc) is 2.38. The van der Waals surface area contributed by atoms with Crippen molar-refractivity contribution >= 4 is 11.5 Å². The van der Waals surface area contributed by atoms with E-state index >= 15 is 0 Å². The van der Waals surface area contributed by atoms with Crippen LogP contribution in [0.1, 0.15) is 6.42 Å². The van der Waals surface area contributed by atoms with Crippen LogP contribution in [0.2, 0.25) is 0 Å². The van der Waals surface area contributed by atoms with Gasteiger partial charge in [0.05, 0.1) is 12.0 Å². The molecule has 0 spiro atoms. The Morgan fingerprint density at radius 3 is 2.83 bits per heavy atom. The summed E-state index contributed by atoms with van der Waals surface area (Å²) >= 11 is 0. The van der Waals surface area contributed by atoms with Crippen molar-refractivity contribution in [3.05, 3.63) is 22.2 Å². The van der Waals surface area contributed by atoms with Gasteiger partial charge in [-0.15, -0.1) is 0 Å². The molecule has 0 bridgehead atoms. The summed E-state index contributed by atoms with van der Waals surface area (Å²) in [7, 11) is 5.13. The van der Waals surface area contributed by atoms with Crippen molar-refractivity contribution in [2.45, 2.75) is 6.42 Å². The van der Waals surface area contributed by atoms with E-state index in [0.29, 0.717) is 18.2 Å². The number of hydrogen-bond acceptors (Lipinski definition) is 6. The van der Waals surface area contributed by atoms with E-state index in [1.807, 2.05) is 7.05 Å². The van der Waals surface area contributed by atoms with E-state index in [1.165, 1.54) is 19.2 Å². The molecule has 0 unspecified atom stereocenters. The zero-order valence-electron chi connectivity index (χ0n) is 10.8. The van der Waals surface area contributed by atoms with Gasteiger partial charge in [0.15, 0.2) is 0 Å². The average molecular weight is 254 g/mol. The van der Waals surface area contributed by atoms with Crippen LogP contribution in [0.3, 0.4) is 0 Å². The van der Waals surface area contributed by atoms with Crippen LogP contribution in [-0.4, -0.2) is 44.2 Å². The molecule has 7 nitrogen and oxygen atoms in total. The van der Waals surface area contributed by atoms with Gasteiger partial charge < -0.3 is 15.0 Å². The van der Waals surface area contributed by atoms with Crippen LogP contribution in [-0.2, 0) is 0 Å². The Balaban J connectivity index is 2.92. The third-order valence-electron chi connectivity index (χ3n) is 2.52. The van der Waals surface area contributed by atoms with Crippen LogP contribution >= 0.6 is 0 Å². The van der Waals surface area contributed by atoms with Gasteiger partial charge >= 0.3 is 5.69 Å². The van der Waals surface area contributed by atoms with E-state index in [9.17, 15) is 10.1 Å². The maximum Gasteiger partial charge on any atom is 0.311 e. The molecule has 1 rings (SSSR count). The Morgan fingerprint density at radius 1 is 1.56 bits per heavy atom. The summed E-state index contributed by atoms with van der Waals surface area (Å²) in [5.74, 6) is 0.700. The highest BCUT2D eigenvalue weighted by Gasteiger charge is 2.19. The first-order valence-corrected chi connectivity index (χ1v) is 5.65. The molecule has 0 atom stereocenters. The number of methoxy groups -OCH3 is 1. The monoisotopic (exact) mass is 254 g/mol. The quantitative estimate of drug-likeness (QED) is 0.445. The van der Waals surface area contributed by atoms with Crippen molar-refractivity contribution in [3.63, 3.8) is 0 Å². The van der Waals surface area contributed by atoms with Crippen molar-refractivity contribution in [1.82, 2.24) is 10.3 Å². The lowest BCUT2D eigenvalue weighted by atomic mass is 10.3. The maximum absolute atomic E-state index is 10.9. The Hall–Kier alpha value is -1.89. The van der Waals surface area contributed by atoms with Crippen LogP contribution in [0.25, 0.3) is 0 Å². The Bertz CT molecular complexity index is 411. The summed E-state index contributed by atoms with van der Waals surface area (Å²) in [5.41, 5.74) is -0.0113. The summed E-state index contributed by atoms with van der Waals surface area (Å²) < 4.78 is 4.99. The molecule has 0 aliphatic carbocycles. The SMILES string of the molecule is CNCCCN(C)c1nc(OC)ccc1[N+](=O)[O-]. The highest BCUT2D eigenvalue weighted by Crippen LogP contribution is 2.27. The van der Waals surface area contributed by atoms with Gasteiger partial charge in [-0.25, -0.2) is 0 Å². The molecule has 0 aliphatic heterocycles. The topological polar surface area (TPSA) is 80.5 Å². The van der Waals surface area contributed by atoms with Gasteiger partial charge in [0.1, 0.15) is 0 Å². The smallest absolute Gasteiger partial charge is 0.311 e. The van der Waals surface area contributed by atoms with Gasteiger partial charge in [0.2, 0.25) is 11.7 Å². The van der Waals surface area contributed by atoms with Crippen molar-refractivity contribution in [2.75, 3.05) is 39.2 Å². The molecule has 1 aromatic heterocycles. The van der Waals surface area contributed by atoms with Crippen molar-refractivity contribution < 1.29 is 9.66 Å². The summed E-state index contributed by atoms with van der Waals surface area (Å²) in [6.07, 6.45) is 0.878. The standard InChI is InChI=1S/C11H18N4O3/c1-12-7-4-8-14(2)11-9(15(16)17)5-6-10(13-11)18-3/h5-6,12H,4,7-8H2,1-3H3. The highest BCUT2D eigenvalue weighted by molar-refractivity contribution is 5.58. The second-order valence-corrected chi connectivity index (χ2v) is 3.83. The molecule has 0 saturated carbocycles. The number of nitrogens with one attached hydrogen (secondary N) is 1. The fourth-order valence-corrected chi connectivity index (χ4v) is 1.56. The normalized spacial score (nSPS) is 10.2. The first-order valence-electron chi connectivity index (χ1n) is 5.65. The number of nitro groups is 1. The lowest BCUT2D eigenvalue weighted by Crippen LogP contribution is -2.24. The van der Waals surface area contributed by atoms with Gasteiger partial charge in [0.25, 0.3) is 0 Å². The van der Waals surface area contributed by atoms with E-state index in [1.54, 1.807) is 11.9 Å². The number of ether oxygens (including phenoxy) is 1. The molecule has 18 heavy (non-hydrogen) atoms. The largest absolute Gasteiger partial charge is 0.481 e. The molecule has 0 saturated heterocycles. The molecule has 1 N–H and O–H groups in total. The van der Waals surface area contributed by atoms with Crippen molar-refractivity contribution in [1.29, 1.82) is 0 Å². The first kappa shape index (κ1) is 14.2. The Morgan fingerprint density at radius 2 is 2.28 bits per heavy atom. The van der Waals surface area contributed by atoms with Gasteiger partial charge in [0, 0.05) is 25.7 Å². The van der Waals surface area contributed by atoms with Crippen LogP contribution in [0, 0.1) is 10.1 Å². The van der Waals surface area contributed by atoms with Gasteiger partial charge in [-0.3, -0.25) is 10.1 Å². The zero-order chi connectivity index (χ0) is 13.5. The lowest BCUT2D eigenvalue weighted by molar-refractivity contribution is -0.384. The maximum atomic E-state index is 10.9. The van der Waals surface area contributed by atoms with Crippen molar-refractivity contribution in [2.24, 2.45) is 0 Å². The fourth-order valence-electron chi connectivity index (χ4n) is 1.56. The van der Waals surface area contributed by atoms with Gasteiger partial charge in [-0.2, -0.15) is 4.98 Å². The number of hydrogen-bond donors (Lipinski definition) is 1. The number of pyridine rings is 1. The number of nitrogens with zero attached hydrogens (tertiary/aromatic N) is 3. The molecule has 0 radical (unpaired) electrons. The third kappa shape index (κ3) is 3.56. The molecule has 0 aromatic carbocycles. The lowest BCUT2D eigenvalue weighted by Gasteiger charge is -2.18. The Kier molecular flexibility index (Phi) is 5.31. The van der Waals surface area contributed by atoms with E-state index in [2.05, 4.69) is 10.3 Å². The molecule has 7 heteroatoms. The van der Waals surface area contributed by atoms with E-state index < -0.39 is 4.92 Å². The predicted molar refractivity (Wildman–Crippen MR) is 69.3 cm³/mol. The molecule has 0 fully saturated rings. The fraction of sp³-hybridized carbons (Fsp3) is 0.545. The van der Waals surface area contributed by atoms with E-state index in [0.717, 1.165) is 13.0 Å². The first-order chi connectivity index (χ1) is 8.60. The summed E-state index contributed by atoms with van der Waals surface area (Å²) in [6, 6.07) is 2.90. The summed E-state index contributed by atoms with van der Waals surface area (Å²) in [6.45, 7) is 1.53. The number of aromatic nitrogens is 1. The summed E-state index contributed by atoms with van der Waals surface area (Å²) in [5, 5.41) is 14.0. The minimum atomic E-state index is -0.434. The second-order valence-electron chi connectivity index (χ2n) is 3.83. The van der Waals surface area contributed by atoms with Gasteiger partial charge in [-0.05, 0) is 20.0 Å². The zero-order valence-corrected chi connectivity index (χ0v) is 10.8. The number of anilines is 1. The Labute approximate surface area is 106 Å². The van der Waals surface area contributed by atoms with Crippen molar-refractivity contribution in [3.8, 4) is 5.88 Å². The molecule has 0 amide bonds. The molecule has 0 aliphatic rings. The van der Waals surface area contributed by atoms with E-state index in [-0.39, 0.29) is 5.69 Å². The van der Waals surface area contributed by atoms with E-state index in [4.69, 9.17) is 4.74 Å². The molecular formula is C11H18N4O3. The summed E-state index contributed by atoms with van der Waals surface area (Å²) in [4.78, 5) is 16.4. The molecule has 100 valence electrons. The molecular weight excluding hydrogens is 236 g/mol. The van der Waals surface area contributed by atoms with Crippen LogP contribution in [0.5, 0.6) is 5.88 Å². The molecule has 1 heterocycles. The van der Waals surface area contributed by atoms with Crippen LogP contribution < -0.4 is 15.0 Å². The predicted octanol–water partition coefficient (Wildman–Crippen LogP) is 1.04. The van der Waals surface area contributed by atoms with Crippen LogP contribution in [0.4, 0.5) is 11.5 Å². The van der Waals surface area contributed by atoms with Crippen LogP contribution in [0.15, 0.2) is 12.1 Å². The molecule has 1 aromatic rings. The second kappa shape index (κ2) is 6.75. The number of rotatable bonds is 7. The minimum absolute atomic E-state index is 0.0113. The third-order valence-corrected chi connectivity index (χ3v) is 2.52. The highest BCUT2D eigenvalue weighted by atomic mass is 16.6.